The molecule has 0 amide bonds. The van der Waals surface area contributed by atoms with E-state index in [4.69, 9.17) is 0 Å². The molecule has 0 saturated carbocycles. The van der Waals surface area contributed by atoms with Crippen molar-refractivity contribution in [3.05, 3.63) is 66.2 Å². The Morgan fingerprint density at radius 1 is 0.944 bits per heavy atom. The van der Waals surface area contributed by atoms with E-state index in [9.17, 15) is 0 Å². The Bertz CT molecular complexity index is 569. The van der Waals surface area contributed by atoms with Crippen molar-refractivity contribution < 1.29 is 0 Å². The van der Waals surface area contributed by atoms with Crippen LogP contribution >= 0.6 is 0 Å². The van der Waals surface area contributed by atoms with Gasteiger partial charge in [-0.25, -0.2) is 0 Å². The molecule has 0 spiro atoms. The molecule has 92 valence electrons. The van der Waals surface area contributed by atoms with E-state index in [2.05, 4.69) is 74.0 Å². The summed E-state index contributed by atoms with van der Waals surface area (Å²) >= 11 is 0. The maximum absolute atomic E-state index is 4.06. The molecule has 1 heteroatoms. The lowest BCUT2D eigenvalue weighted by atomic mass is 10.0. The molecule has 2 aromatic rings. The van der Waals surface area contributed by atoms with E-state index in [1.807, 2.05) is 6.92 Å². The van der Waals surface area contributed by atoms with Crippen LogP contribution in [0.15, 0.2) is 55.1 Å². The Labute approximate surface area is 109 Å². The number of benzene rings is 2. The van der Waals surface area contributed by atoms with Gasteiger partial charge in [-0.3, -0.25) is 0 Å². The molecule has 0 radical (unpaired) electrons. The first-order chi connectivity index (χ1) is 8.61. The number of aryl methyl sites for hydroxylation is 1. The van der Waals surface area contributed by atoms with Crippen molar-refractivity contribution in [2.75, 3.05) is 11.9 Å². The molecular formula is C17H19N. The van der Waals surface area contributed by atoms with Crippen LogP contribution in [-0.2, 0) is 0 Å². The molecule has 0 unspecified atom stereocenters. The van der Waals surface area contributed by atoms with Crippen LogP contribution in [0, 0.1) is 6.92 Å². The van der Waals surface area contributed by atoms with Crippen LogP contribution < -0.4 is 4.90 Å². The lowest BCUT2D eigenvalue weighted by Gasteiger charge is -2.24. The van der Waals surface area contributed by atoms with Crippen molar-refractivity contribution in [1.82, 2.24) is 0 Å². The first-order valence-electron chi connectivity index (χ1n) is 6.15. The third kappa shape index (κ3) is 2.30. The molecule has 0 saturated heterocycles. The summed E-state index contributed by atoms with van der Waals surface area (Å²) in [5.41, 5.74) is 5.98. The van der Waals surface area contributed by atoms with Crippen molar-refractivity contribution in [2.45, 2.75) is 13.8 Å². The molecule has 0 aliphatic rings. The van der Waals surface area contributed by atoms with Crippen LogP contribution in [-0.4, -0.2) is 7.05 Å². The fourth-order valence-electron chi connectivity index (χ4n) is 2.20. The third-order valence-corrected chi connectivity index (χ3v) is 3.20. The van der Waals surface area contributed by atoms with E-state index >= 15 is 0 Å². The number of hydrogen-bond acceptors (Lipinski definition) is 1. The van der Waals surface area contributed by atoms with E-state index in [0.29, 0.717) is 0 Å². The number of hydrogen-bond donors (Lipinski definition) is 0. The van der Waals surface area contributed by atoms with Gasteiger partial charge in [0, 0.05) is 24.0 Å². The molecule has 0 aliphatic carbocycles. The molecule has 2 rings (SSSR count). The number of anilines is 2. The molecule has 0 atom stereocenters. The van der Waals surface area contributed by atoms with Crippen LogP contribution in [0.4, 0.5) is 11.4 Å². The summed E-state index contributed by atoms with van der Waals surface area (Å²) in [6.45, 7) is 8.24. The minimum atomic E-state index is 1.09. The van der Waals surface area contributed by atoms with Crippen molar-refractivity contribution in [1.29, 1.82) is 0 Å². The van der Waals surface area contributed by atoms with Gasteiger partial charge in [0.2, 0.25) is 0 Å². The fraction of sp³-hybridized carbons (Fsp3) is 0.176. The van der Waals surface area contributed by atoms with Gasteiger partial charge in [-0.1, -0.05) is 43.0 Å². The average Bonchev–Trinajstić information content (AvgIpc) is 2.38. The maximum atomic E-state index is 4.06. The quantitative estimate of drug-likeness (QED) is 0.741. The second-order valence-corrected chi connectivity index (χ2v) is 4.64. The number of allylic oxidation sites excluding steroid dienone is 1. The highest BCUT2D eigenvalue weighted by Gasteiger charge is 2.10. The summed E-state index contributed by atoms with van der Waals surface area (Å²) < 4.78 is 0. The maximum Gasteiger partial charge on any atom is 0.0484 e. The van der Waals surface area contributed by atoms with Crippen LogP contribution in [0.5, 0.6) is 0 Å². The molecule has 0 fully saturated rings. The van der Waals surface area contributed by atoms with Crippen LogP contribution in [0.1, 0.15) is 18.1 Å². The van der Waals surface area contributed by atoms with Gasteiger partial charge in [0.1, 0.15) is 0 Å². The molecule has 0 aromatic heterocycles. The predicted molar refractivity (Wildman–Crippen MR) is 80.4 cm³/mol. The largest absolute Gasteiger partial charge is 0.344 e. The molecular weight excluding hydrogens is 218 g/mol. The van der Waals surface area contributed by atoms with E-state index in [-0.39, 0.29) is 0 Å². The Kier molecular flexibility index (Phi) is 3.52. The molecule has 0 aliphatic heterocycles. The molecule has 1 nitrogen and oxygen atoms in total. The number of rotatable bonds is 3. The summed E-state index contributed by atoms with van der Waals surface area (Å²) in [6, 6.07) is 16.8. The monoisotopic (exact) mass is 237 g/mol. The zero-order valence-electron chi connectivity index (χ0n) is 11.3. The molecule has 0 heterocycles. The highest BCUT2D eigenvalue weighted by molar-refractivity contribution is 5.79. The van der Waals surface area contributed by atoms with Crippen molar-refractivity contribution in [3.8, 4) is 0 Å². The van der Waals surface area contributed by atoms with E-state index in [1.165, 1.54) is 22.5 Å². The minimum absolute atomic E-state index is 1.09. The Morgan fingerprint density at radius 3 is 2.11 bits per heavy atom. The zero-order chi connectivity index (χ0) is 13.1. The highest BCUT2D eigenvalue weighted by atomic mass is 15.1. The van der Waals surface area contributed by atoms with Crippen molar-refractivity contribution in [3.63, 3.8) is 0 Å². The number of para-hydroxylation sites is 2. The van der Waals surface area contributed by atoms with Gasteiger partial charge in [-0.2, -0.15) is 0 Å². The zero-order valence-corrected chi connectivity index (χ0v) is 11.3. The Morgan fingerprint density at radius 2 is 1.50 bits per heavy atom. The first-order valence-corrected chi connectivity index (χ1v) is 6.15. The second-order valence-electron chi connectivity index (χ2n) is 4.64. The van der Waals surface area contributed by atoms with E-state index in [0.717, 1.165) is 5.57 Å². The van der Waals surface area contributed by atoms with Crippen molar-refractivity contribution in [2.24, 2.45) is 0 Å². The first kappa shape index (κ1) is 12.4. The van der Waals surface area contributed by atoms with Gasteiger partial charge in [0.25, 0.3) is 0 Å². The van der Waals surface area contributed by atoms with Crippen LogP contribution in [0.25, 0.3) is 5.57 Å². The second kappa shape index (κ2) is 5.09. The molecule has 2 aromatic carbocycles. The average molecular weight is 237 g/mol. The lowest BCUT2D eigenvalue weighted by Crippen LogP contribution is -2.12. The van der Waals surface area contributed by atoms with Gasteiger partial charge >= 0.3 is 0 Å². The van der Waals surface area contributed by atoms with Gasteiger partial charge in [0.15, 0.2) is 0 Å². The Hall–Kier alpha value is -2.02. The summed E-state index contributed by atoms with van der Waals surface area (Å²) in [5.74, 6) is 0. The summed E-state index contributed by atoms with van der Waals surface area (Å²) in [6.07, 6.45) is 0. The van der Waals surface area contributed by atoms with Gasteiger partial charge in [0.05, 0.1) is 0 Å². The molecule has 0 bridgehead atoms. The summed E-state index contributed by atoms with van der Waals surface area (Å²) in [4.78, 5) is 2.22. The van der Waals surface area contributed by atoms with Gasteiger partial charge in [-0.05, 0) is 37.1 Å². The fourth-order valence-corrected chi connectivity index (χ4v) is 2.20. The van der Waals surface area contributed by atoms with Crippen LogP contribution in [0.3, 0.4) is 0 Å². The minimum Gasteiger partial charge on any atom is -0.344 e. The van der Waals surface area contributed by atoms with Crippen LogP contribution in [0.2, 0.25) is 0 Å². The van der Waals surface area contributed by atoms with E-state index < -0.39 is 0 Å². The topological polar surface area (TPSA) is 3.24 Å². The predicted octanol–water partition coefficient (Wildman–Crippen LogP) is 4.80. The van der Waals surface area contributed by atoms with Gasteiger partial charge in [-0.15, -0.1) is 0 Å². The SMILES string of the molecule is C=C(C)c1ccccc1N(C)c1ccccc1C. The number of nitrogens with zero attached hydrogens (tertiary/aromatic N) is 1. The Balaban J connectivity index is 2.50. The molecule has 0 N–H and O–H groups in total. The van der Waals surface area contributed by atoms with Crippen molar-refractivity contribution >= 4 is 16.9 Å². The molecule has 18 heavy (non-hydrogen) atoms. The van der Waals surface area contributed by atoms with E-state index in [1.54, 1.807) is 0 Å². The third-order valence-electron chi connectivity index (χ3n) is 3.20. The summed E-state index contributed by atoms with van der Waals surface area (Å²) in [5, 5.41) is 0. The smallest absolute Gasteiger partial charge is 0.0484 e. The lowest BCUT2D eigenvalue weighted by molar-refractivity contribution is 1.18. The highest BCUT2D eigenvalue weighted by Crippen LogP contribution is 2.31. The standard InChI is InChI=1S/C17H19N/c1-13(2)15-10-6-8-12-17(15)18(4)16-11-7-5-9-14(16)3/h5-12H,1H2,2-4H3. The normalized spacial score (nSPS) is 10.2. The van der Waals surface area contributed by atoms with Gasteiger partial charge < -0.3 is 4.90 Å². The summed E-state index contributed by atoms with van der Waals surface area (Å²) in [7, 11) is 2.10.